The van der Waals surface area contributed by atoms with Crippen LogP contribution in [0.15, 0.2) is 48.7 Å². The molecular formula is C24H28FN3O3. The zero-order chi connectivity index (χ0) is 21.8. The summed E-state index contributed by atoms with van der Waals surface area (Å²) >= 11 is 0. The van der Waals surface area contributed by atoms with Crippen LogP contribution in [0.25, 0.3) is 0 Å². The van der Waals surface area contributed by atoms with Gasteiger partial charge in [0.1, 0.15) is 5.82 Å². The van der Waals surface area contributed by atoms with E-state index in [4.69, 9.17) is 4.74 Å². The fourth-order valence-corrected chi connectivity index (χ4v) is 5.09. The summed E-state index contributed by atoms with van der Waals surface area (Å²) in [6, 6.07) is 13.1. The molecule has 4 rings (SSSR count). The quantitative estimate of drug-likeness (QED) is 0.714. The van der Waals surface area contributed by atoms with Crippen molar-refractivity contribution in [3.8, 4) is 0 Å². The number of halogens is 1. The van der Waals surface area contributed by atoms with Gasteiger partial charge in [0.25, 0.3) is 0 Å². The highest BCUT2D eigenvalue weighted by molar-refractivity contribution is 5.82. The first-order chi connectivity index (χ1) is 15.0. The topological polar surface area (TPSA) is 62.7 Å². The van der Waals surface area contributed by atoms with E-state index in [1.54, 1.807) is 13.2 Å². The van der Waals surface area contributed by atoms with E-state index in [0.29, 0.717) is 38.4 Å². The minimum Gasteiger partial charge on any atom is -0.383 e. The van der Waals surface area contributed by atoms with Crippen LogP contribution in [0, 0.1) is 5.82 Å². The average Bonchev–Trinajstić information content (AvgIpc) is 3.05. The van der Waals surface area contributed by atoms with Crippen LogP contribution in [-0.4, -0.2) is 65.5 Å². The van der Waals surface area contributed by atoms with Crippen LogP contribution in [-0.2, 0) is 20.7 Å². The average molecular weight is 426 g/mol. The summed E-state index contributed by atoms with van der Waals surface area (Å²) in [6.07, 6.45) is 3.23. The van der Waals surface area contributed by atoms with Gasteiger partial charge in [-0.15, -0.1) is 0 Å². The smallest absolute Gasteiger partial charge is 0.228 e. The lowest BCUT2D eigenvalue weighted by Gasteiger charge is -2.48. The highest BCUT2D eigenvalue weighted by atomic mass is 19.1. The molecule has 2 fully saturated rings. The fraction of sp³-hybridized carbons (Fsp3) is 0.458. The second-order valence-corrected chi connectivity index (χ2v) is 8.33. The summed E-state index contributed by atoms with van der Waals surface area (Å²) in [5, 5.41) is 0. The summed E-state index contributed by atoms with van der Waals surface area (Å²) in [7, 11) is 1.65. The molecule has 0 N–H and O–H groups in total. The molecule has 1 aromatic carbocycles. The number of benzene rings is 1. The van der Waals surface area contributed by atoms with Gasteiger partial charge < -0.3 is 14.5 Å². The zero-order valence-corrected chi connectivity index (χ0v) is 17.8. The molecule has 0 bridgehead atoms. The van der Waals surface area contributed by atoms with Crippen molar-refractivity contribution in [1.82, 2.24) is 14.8 Å². The normalized spacial score (nSPS) is 20.5. The van der Waals surface area contributed by atoms with E-state index in [0.717, 1.165) is 19.0 Å². The maximum atomic E-state index is 13.1. The predicted octanol–water partition coefficient (Wildman–Crippen LogP) is 2.79. The number of ether oxygens (including phenoxy) is 1. The molecule has 1 atom stereocenters. The summed E-state index contributed by atoms with van der Waals surface area (Å²) in [6.45, 7) is 2.22. The van der Waals surface area contributed by atoms with Gasteiger partial charge in [0.05, 0.1) is 24.8 Å². The number of rotatable bonds is 6. The number of carbonyl (C=O) groups is 2. The van der Waals surface area contributed by atoms with Gasteiger partial charge in [0.2, 0.25) is 11.8 Å². The van der Waals surface area contributed by atoms with Crippen LogP contribution < -0.4 is 0 Å². The van der Waals surface area contributed by atoms with Gasteiger partial charge in [-0.2, -0.15) is 0 Å². The van der Waals surface area contributed by atoms with Crippen LogP contribution in [0.5, 0.6) is 0 Å². The first kappa shape index (κ1) is 21.4. The molecule has 31 heavy (non-hydrogen) atoms. The third-order valence-corrected chi connectivity index (χ3v) is 6.69. The van der Waals surface area contributed by atoms with E-state index in [1.165, 1.54) is 11.6 Å². The van der Waals surface area contributed by atoms with Crippen LogP contribution in [0.1, 0.15) is 36.4 Å². The number of hydrogen-bond donors (Lipinski definition) is 0. The molecule has 2 amide bonds. The Hall–Kier alpha value is -2.80. The largest absolute Gasteiger partial charge is 0.383 e. The minimum atomic E-state index is -0.412. The molecule has 2 aromatic rings. The highest BCUT2D eigenvalue weighted by Gasteiger charge is 2.54. The van der Waals surface area contributed by atoms with Crippen LogP contribution in [0.4, 0.5) is 4.39 Å². The van der Waals surface area contributed by atoms with Gasteiger partial charge in [0, 0.05) is 44.8 Å². The monoisotopic (exact) mass is 425 g/mol. The maximum absolute atomic E-state index is 13.1. The summed E-state index contributed by atoms with van der Waals surface area (Å²) in [5.41, 5.74) is 1.43. The van der Waals surface area contributed by atoms with Crippen molar-refractivity contribution in [2.75, 3.05) is 33.4 Å². The third kappa shape index (κ3) is 4.32. The molecule has 7 heteroatoms. The lowest BCUT2D eigenvalue weighted by molar-refractivity contribution is -0.137. The number of piperidine rings is 1. The van der Waals surface area contributed by atoms with Crippen molar-refractivity contribution >= 4 is 11.8 Å². The van der Waals surface area contributed by atoms with Crippen LogP contribution in [0.3, 0.4) is 0 Å². The fourth-order valence-electron chi connectivity index (χ4n) is 5.09. The number of methoxy groups -OCH3 is 1. The number of nitrogens with zero attached hydrogens (tertiary/aromatic N) is 3. The van der Waals surface area contributed by atoms with Crippen molar-refractivity contribution in [2.24, 2.45) is 0 Å². The number of carbonyl (C=O) groups excluding carboxylic acids is 2. The van der Waals surface area contributed by atoms with Crippen molar-refractivity contribution in [3.05, 3.63) is 65.7 Å². The van der Waals surface area contributed by atoms with Crippen molar-refractivity contribution < 1.29 is 18.7 Å². The molecule has 2 aliphatic heterocycles. The lowest BCUT2D eigenvalue weighted by Crippen LogP contribution is -2.57. The molecular weight excluding hydrogens is 397 g/mol. The molecule has 0 saturated carbocycles. The molecule has 2 saturated heterocycles. The van der Waals surface area contributed by atoms with Gasteiger partial charge in [-0.05, 0) is 30.5 Å². The van der Waals surface area contributed by atoms with E-state index in [2.05, 4.69) is 17.1 Å². The molecule has 2 aliphatic rings. The Balaban J connectivity index is 1.51. The molecule has 0 radical (unpaired) electrons. The SMILES string of the molecule is COCCN1C(=O)C[C@@H](c2ccccc2)C12CCN(C(=O)Cc1ccc(F)cn1)CC2. The van der Waals surface area contributed by atoms with Crippen LogP contribution >= 0.6 is 0 Å². The standard InChI is InChI=1S/C24H28FN3O3/c1-31-14-13-28-23(30)16-21(18-5-3-2-4-6-18)24(28)9-11-27(12-10-24)22(29)15-20-8-7-19(25)17-26-20/h2-8,17,21H,9-16H2,1H3/t21-/m0/s1. The zero-order valence-electron chi connectivity index (χ0n) is 17.8. The third-order valence-electron chi connectivity index (χ3n) is 6.69. The summed E-state index contributed by atoms with van der Waals surface area (Å²) < 4.78 is 18.4. The Labute approximate surface area is 182 Å². The van der Waals surface area contributed by atoms with E-state index >= 15 is 0 Å². The second kappa shape index (κ2) is 9.14. The van der Waals surface area contributed by atoms with Crippen molar-refractivity contribution in [2.45, 2.75) is 37.1 Å². The highest BCUT2D eigenvalue weighted by Crippen LogP contribution is 2.48. The summed E-state index contributed by atoms with van der Waals surface area (Å²) in [4.78, 5) is 33.6. The van der Waals surface area contributed by atoms with Crippen molar-refractivity contribution in [3.63, 3.8) is 0 Å². The molecule has 0 aliphatic carbocycles. The van der Waals surface area contributed by atoms with Gasteiger partial charge >= 0.3 is 0 Å². The van der Waals surface area contributed by atoms with Gasteiger partial charge in [-0.25, -0.2) is 4.39 Å². The number of aromatic nitrogens is 1. The van der Waals surface area contributed by atoms with Gasteiger partial charge in [0.15, 0.2) is 0 Å². The van der Waals surface area contributed by atoms with Gasteiger partial charge in [-0.3, -0.25) is 14.6 Å². The minimum absolute atomic E-state index is 0.0158. The molecule has 0 unspecified atom stereocenters. The van der Waals surface area contributed by atoms with E-state index < -0.39 is 5.82 Å². The molecule has 3 heterocycles. The number of likely N-dealkylation sites (tertiary alicyclic amines) is 2. The Morgan fingerprint density at radius 2 is 1.94 bits per heavy atom. The van der Waals surface area contributed by atoms with Crippen LogP contribution in [0.2, 0.25) is 0 Å². The van der Waals surface area contributed by atoms with E-state index in [1.807, 2.05) is 28.0 Å². The number of pyridine rings is 1. The molecule has 6 nitrogen and oxygen atoms in total. The first-order valence-electron chi connectivity index (χ1n) is 10.8. The Bertz CT molecular complexity index is 911. The van der Waals surface area contributed by atoms with Crippen molar-refractivity contribution in [1.29, 1.82) is 0 Å². The lowest BCUT2D eigenvalue weighted by atomic mass is 9.73. The number of amides is 2. The first-order valence-corrected chi connectivity index (χ1v) is 10.8. The van der Waals surface area contributed by atoms with E-state index in [-0.39, 0.29) is 29.7 Å². The summed E-state index contributed by atoms with van der Waals surface area (Å²) in [5.74, 6) is -0.168. The molecule has 1 aromatic heterocycles. The maximum Gasteiger partial charge on any atom is 0.228 e. The molecule has 164 valence electrons. The van der Waals surface area contributed by atoms with Gasteiger partial charge in [-0.1, -0.05) is 30.3 Å². The molecule has 1 spiro atoms. The Morgan fingerprint density at radius 1 is 1.19 bits per heavy atom. The number of hydrogen-bond acceptors (Lipinski definition) is 4. The Morgan fingerprint density at radius 3 is 2.58 bits per heavy atom. The Kier molecular flexibility index (Phi) is 6.32. The van der Waals surface area contributed by atoms with E-state index in [9.17, 15) is 14.0 Å². The second-order valence-electron chi connectivity index (χ2n) is 8.33. The predicted molar refractivity (Wildman–Crippen MR) is 114 cm³/mol.